The lowest BCUT2D eigenvalue weighted by Gasteiger charge is -2.29. The normalized spacial score (nSPS) is 13.9. The second-order valence-electron chi connectivity index (χ2n) is 4.69. The van der Waals surface area contributed by atoms with E-state index in [2.05, 4.69) is 5.32 Å². The summed E-state index contributed by atoms with van der Waals surface area (Å²) in [5, 5.41) is 3.10. The van der Waals surface area contributed by atoms with Crippen molar-refractivity contribution in [3.63, 3.8) is 0 Å². The molecule has 0 saturated heterocycles. The third kappa shape index (κ3) is 3.10. The van der Waals surface area contributed by atoms with Gasteiger partial charge in [0.2, 0.25) is 5.91 Å². The Morgan fingerprint density at radius 3 is 2.90 bits per heavy atom. The Kier molecular flexibility index (Phi) is 4.61. The van der Waals surface area contributed by atoms with Gasteiger partial charge in [0.25, 0.3) is 0 Å². The first-order valence-corrected chi connectivity index (χ1v) is 6.93. The number of nitrogens with zero attached hydrogens (tertiary/aromatic N) is 1. The summed E-state index contributed by atoms with van der Waals surface area (Å²) in [7, 11) is 0. The van der Waals surface area contributed by atoms with E-state index in [1.807, 2.05) is 30.0 Å². The summed E-state index contributed by atoms with van der Waals surface area (Å²) < 4.78 is 4.90. The number of benzene rings is 1. The number of carbonyl (C=O) groups is 2. The zero-order valence-corrected chi connectivity index (χ0v) is 11.9. The summed E-state index contributed by atoms with van der Waals surface area (Å²) in [6, 6.07) is 5.80. The van der Waals surface area contributed by atoms with Crippen LogP contribution in [0.3, 0.4) is 0 Å². The molecule has 5 heteroatoms. The number of carbonyl (C=O) groups excluding carboxylic acids is 2. The van der Waals surface area contributed by atoms with Crippen molar-refractivity contribution in [2.75, 3.05) is 25.0 Å². The molecule has 5 nitrogen and oxygen atoms in total. The summed E-state index contributed by atoms with van der Waals surface area (Å²) >= 11 is 0. The zero-order valence-electron chi connectivity index (χ0n) is 11.9. The number of anilines is 1. The summed E-state index contributed by atoms with van der Waals surface area (Å²) in [4.78, 5) is 25.1. The number of amides is 1. The Balaban J connectivity index is 2.13. The molecule has 1 aliphatic heterocycles. The second kappa shape index (κ2) is 6.41. The van der Waals surface area contributed by atoms with E-state index in [0.717, 1.165) is 16.8 Å². The van der Waals surface area contributed by atoms with Crippen molar-refractivity contribution in [2.24, 2.45) is 0 Å². The fourth-order valence-corrected chi connectivity index (χ4v) is 2.37. The predicted molar refractivity (Wildman–Crippen MR) is 76.4 cm³/mol. The lowest BCUT2D eigenvalue weighted by atomic mass is 9.97. The highest BCUT2D eigenvalue weighted by atomic mass is 16.5. The molecule has 0 saturated carbocycles. The van der Waals surface area contributed by atoms with Gasteiger partial charge in [0, 0.05) is 18.8 Å². The minimum absolute atomic E-state index is 0.143. The van der Waals surface area contributed by atoms with Crippen LogP contribution in [0.2, 0.25) is 0 Å². The highest BCUT2D eigenvalue weighted by molar-refractivity contribution is 5.83. The van der Waals surface area contributed by atoms with Gasteiger partial charge < -0.3 is 15.0 Å². The van der Waals surface area contributed by atoms with E-state index < -0.39 is 0 Å². The topological polar surface area (TPSA) is 58.6 Å². The minimum atomic E-state index is -0.274. The van der Waals surface area contributed by atoms with Crippen LogP contribution >= 0.6 is 0 Å². The minimum Gasteiger partial charge on any atom is -0.465 e. The van der Waals surface area contributed by atoms with Crippen molar-refractivity contribution in [3.8, 4) is 0 Å². The molecule has 0 spiro atoms. The Morgan fingerprint density at radius 1 is 1.40 bits per heavy atom. The van der Waals surface area contributed by atoms with E-state index in [-0.39, 0.29) is 18.4 Å². The smallest absolute Gasteiger partial charge is 0.325 e. The number of hydrogen-bond donors (Lipinski definition) is 1. The third-order valence-electron chi connectivity index (χ3n) is 3.43. The molecule has 1 heterocycles. The van der Waals surface area contributed by atoms with Gasteiger partial charge in [-0.1, -0.05) is 12.1 Å². The molecule has 0 fully saturated rings. The number of nitrogens with one attached hydrogen (secondary N) is 1. The average Bonchev–Trinajstić information content (AvgIpc) is 2.44. The van der Waals surface area contributed by atoms with Crippen LogP contribution in [-0.4, -0.2) is 36.5 Å². The Labute approximate surface area is 118 Å². The first-order chi connectivity index (χ1) is 9.65. The standard InChI is InChI=1S/C15H20N2O3/c1-3-17-10-12-11(8-14(17)18)6-5-7-13(12)16-9-15(19)20-4-2/h5-7,16H,3-4,8-10H2,1-2H3. The summed E-state index contributed by atoms with van der Waals surface area (Å²) in [6.45, 7) is 5.57. The van der Waals surface area contributed by atoms with E-state index >= 15 is 0 Å². The predicted octanol–water partition coefficient (Wildman–Crippen LogP) is 1.57. The molecule has 1 aromatic carbocycles. The van der Waals surface area contributed by atoms with E-state index in [1.54, 1.807) is 6.92 Å². The molecule has 0 bridgehead atoms. The van der Waals surface area contributed by atoms with Crippen molar-refractivity contribution in [1.29, 1.82) is 0 Å². The van der Waals surface area contributed by atoms with Gasteiger partial charge in [-0.3, -0.25) is 9.59 Å². The molecule has 2 rings (SSSR count). The summed E-state index contributed by atoms with van der Waals surface area (Å²) in [5.74, 6) is -0.119. The molecule has 0 aromatic heterocycles. The Morgan fingerprint density at radius 2 is 2.20 bits per heavy atom. The maximum Gasteiger partial charge on any atom is 0.325 e. The molecule has 108 valence electrons. The summed E-state index contributed by atoms with van der Waals surface area (Å²) in [6.07, 6.45) is 0.429. The first-order valence-electron chi connectivity index (χ1n) is 6.93. The molecule has 0 radical (unpaired) electrons. The monoisotopic (exact) mass is 276 g/mol. The van der Waals surface area contributed by atoms with Gasteiger partial charge in [0.1, 0.15) is 6.54 Å². The third-order valence-corrected chi connectivity index (χ3v) is 3.43. The number of fused-ring (bicyclic) bond motifs is 1. The van der Waals surface area contributed by atoms with Crippen molar-refractivity contribution < 1.29 is 14.3 Å². The highest BCUT2D eigenvalue weighted by Crippen LogP contribution is 2.26. The number of likely N-dealkylation sites (N-methyl/N-ethyl adjacent to an activating group) is 1. The molecule has 0 unspecified atom stereocenters. The van der Waals surface area contributed by atoms with Crippen LogP contribution in [0.4, 0.5) is 5.69 Å². The van der Waals surface area contributed by atoms with E-state index in [0.29, 0.717) is 26.1 Å². The van der Waals surface area contributed by atoms with Crippen molar-refractivity contribution in [1.82, 2.24) is 4.90 Å². The van der Waals surface area contributed by atoms with Crippen LogP contribution in [0, 0.1) is 0 Å². The number of esters is 1. The Hall–Kier alpha value is -2.04. The molecule has 1 amide bonds. The van der Waals surface area contributed by atoms with Gasteiger partial charge in [0.05, 0.1) is 13.0 Å². The zero-order chi connectivity index (χ0) is 14.5. The molecule has 20 heavy (non-hydrogen) atoms. The number of ether oxygens (including phenoxy) is 1. The van der Waals surface area contributed by atoms with Crippen LogP contribution in [0.1, 0.15) is 25.0 Å². The molecule has 1 aliphatic rings. The van der Waals surface area contributed by atoms with Crippen LogP contribution in [0.5, 0.6) is 0 Å². The highest BCUT2D eigenvalue weighted by Gasteiger charge is 2.23. The van der Waals surface area contributed by atoms with E-state index in [1.165, 1.54) is 0 Å². The fourth-order valence-electron chi connectivity index (χ4n) is 2.37. The average molecular weight is 276 g/mol. The molecule has 1 aromatic rings. The van der Waals surface area contributed by atoms with Gasteiger partial charge in [-0.15, -0.1) is 0 Å². The van der Waals surface area contributed by atoms with Gasteiger partial charge >= 0.3 is 5.97 Å². The van der Waals surface area contributed by atoms with E-state index in [9.17, 15) is 9.59 Å². The fraction of sp³-hybridized carbons (Fsp3) is 0.467. The molecular formula is C15H20N2O3. The maximum absolute atomic E-state index is 11.9. The SMILES string of the molecule is CCOC(=O)CNc1cccc2c1CN(CC)C(=O)C2. The van der Waals surface area contributed by atoms with E-state index in [4.69, 9.17) is 4.74 Å². The molecule has 0 aliphatic carbocycles. The molecular weight excluding hydrogens is 256 g/mol. The van der Waals surface area contributed by atoms with Crippen LogP contribution in [-0.2, 0) is 27.3 Å². The van der Waals surface area contributed by atoms with Gasteiger partial charge in [-0.2, -0.15) is 0 Å². The maximum atomic E-state index is 11.9. The Bertz CT molecular complexity index is 514. The van der Waals surface area contributed by atoms with Crippen molar-refractivity contribution in [3.05, 3.63) is 29.3 Å². The van der Waals surface area contributed by atoms with Gasteiger partial charge in [-0.25, -0.2) is 0 Å². The van der Waals surface area contributed by atoms with Crippen molar-refractivity contribution >= 4 is 17.6 Å². The van der Waals surface area contributed by atoms with Gasteiger partial charge in [-0.05, 0) is 31.0 Å². The first kappa shape index (κ1) is 14.4. The quantitative estimate of drug-likeness (QED) is 0.829. The van der Waals surface area contributed by atoms with Crippen molar-refractivity contribution in [2.45, 2.75) is 26.8 Å². The number of rotatable bonds is 5. The van der Waals surface area contributed by atoms with Gasteiger partial charge in [0.15, 0.2) is 0 Å². The largest absolute Gasteiger partial charge is 0.465 e. The molecule has 0 atom stereocenters. The molecule has 1 N–H and O–H groups in total. The second-order valence-corrected chi connectivity index (χ2v) is 4.69. The summed E-state index contributed by atoms with van der Waals surface area (Å²) in [5.41, 5.74) is 3.04. The lowest BCUT2D eigenvalue weighted by Crippen LogP contribution is -2.36. The lowest BCUT2D eigenvalue weighted by molar-refractivity contribution is -0.141. The number of hydrogen-bond acceptors (Lipinski definition) is 4. The van der Waals surface area contributed by atoms with Crippen LogP contribution < -0.4 is 5.32 Å². The van der Waals surface area contributed by atoms with Crippen LogP contribution in [0.25, 0.3) is 0 Å². The van der Waals surface area contributed by atoms with Crippen LogP contribution in [0.15, 0.2) is 18.2 Å².